The van der Waals surface area contributed by atoms with Crippen molar-refractivity contribution in [3.63, 3.8) is 0 Å². The lowest BCUT2D eigenvalue weighted by atomic mass is 10.2. The maximum Gasteiger partial charge on any atom is 0.0700 e. The summed E-state index contributed by atoms with van der Waals surface area (Å²) >= 11 is 0. The molecule has 1 aliphatic heterocycles. The van der Waals surface area contributed by atoms with Crippen LogP contribution in [0.1, 0.15) is 33.6 Å². The Balaban J connectivity index is 1.95. The van der Waals surface area contributed by atoms with Crippen molar-refractivity contribution >= 4 is 0 Å². The van der Waals surface area contributed by atoms with Crippen molar-refractivity contribution < 1.29 is 4.74 Å². The molecule has 1 saturated heterocycles. The molecule has 15 heavy (non-hydrogen) atoms. The van der Waals surface area contributed by atoms with Crippen LogP contribution < -0.4 is 10.6 Å². The van der Waals surface area contributed by atoms with Crippen molar-refractivity contribution in [3.05, 3.63) is 0 Å². The van der Waals surface area contributed by atoms with Gasteiger partial charge in [-0.2, -0.15) is 0 Å². The Labute approximate surface area is 94.0 Å². The first kappa shape index (κ1) is 12.9. The van der Waals surface area contributed by atoms with Crippen LogP contribution in [0.15, 0.2) is 0 Å². The molecule has 0 radical (unpaired) electrons. The minimum Gasteiger partial charge on any atom is -0.377 e. The zero-order valence-electron chi connectivity index (χ0n) is 10.4. The Morgan fingerprint density at radius 3 is 2.67 bits per heavy atom. The van der Waals surface area contributed by atoms with Crippen molar-refractivity contribution in [2.24, 2.45) is 5.92 Å². The van der Waals surface area contributed by atoms with E-state index in [0.29, 0.717) is 12.1 Å². The molecule has 0 aromatic heterocycles. The maximum absolute atomic E-state index is 5.56. The van der Waals surface area contributed by atoms with Crippen LogP contribution >= 0.6 is 0 Å². The number of rotatable bonds is 7. The number of hydrogen-bond donors (Lipinski definition) is 2. The Morgan fingerprint density at radius 1 is 1.27 bits per heavy atom. The number of ether oxygens (including phenoxy) is 1. The highest BCUT2D eigenvalue weighted by atomic mass is 16.5. The third-order valence-electron chi connectivity index (χ3n) is 2.72. The molecule has 0 saturated carbocycles. The van der Waals surface area contributed by atoms with E-state index >= 15 is 0 Å². The van der Waals surface area contributed by atoms with E-state index in [9.17, 15) is 0 Å². The molecule has 1 aliphatic rings. The zero-order chi connectivity index (χ0) is 11.1. The molecule has 0 aromatic carbocycles. The average Bonchev–Trinajstić information content (AvgIpc) is 2.66. The third-order valence-corrected chi connectivity index (χ3v) is 2.72. The fourth-order valence-corrected chi connectivity index (χ4v) is 1.80. The molecule has 1 rings (SSSR count). The Kier molecular flexibility index (Phi) is 6.22. The molecule has 2 N–H and O–H groups in total. The summed E-state index contributed by atoms with van der Waals surface area (Å²) in [6.45, 7) is 10.8. The van der Waals surface area contributed by atoms with E-state index in [1.807, 2.05) is 0 Å². The highest BCUT2D eigenvalue weighted by Gasteiger charge is 2.15. The molecule has 0 aromatic rings. The molecule has 2 unspecified atom stereocenters. The van der Waals surface area contributed by atoms with Crippen LogP contribution in [0.3, 0.4) is 0 Å². The van der Waals surface area contributed by atoms with Crippen LogP contribution in [-0.4, -0.2) is 38.4 Å². The van der Waals surface area contributed by atoms with Crippen molar-refractivity contribution in [3.8, 4) is 0 Å². The Bertz CT molecular complexity index is 156. The summed E-state index contributed by atoms with van der Waals surface area (Å²) in [6, 6.07) is 0.535. The van der Waals surface area contributed by atoms with Gasteiger partial charge in [0.1, 0.15) is 0 Å². The normalized spacial score (nSPS) is 23.6. The van der Waals surface area contributed by atoms with Gasteiger partial charge in [-0.3, -0.25) is 0 Å². The largest absolute Gasteiger partial charge is 0.377 e. The summed E-state index contributed by atoms with van der Waals surface area (Å²) in [5.74, 6) is 0.732. The van der Waals surface area contributed by atoms with Crippen molar-refractivity contribution in [1.29, 1.82) is 0 Å². The van der Waals surface area contributed by atoms with Crippen LogP contribution in [0, 0.1) is 5.92 Å². The molecule has 2 atom stereocenters. The van der Waals surface area contributed by atoms with E-state index in [2.05, 4.69) is 31.4 Å². The van der Waals surface area contributed by atoms with Gasteiger partial charge >= 0.3 is 0 Å². The first-order chi connectivity index (χ1) is 7.18. The minimum absolute atomic E-state index is 0.456. The molecule has 3 nitrogen and oxygen atoms in total. The van der Waals surface area contributed by atoms with Crippen molar-refractivity contribution in [2.75, 3.05) is 26.2 Å². The number of hydrogen-bond acceptors (Lipinski definition) is 3. The summed E-state index contributed by atoms with van der Waals surface area (Å²) in [5, 5.41) is 6.97. The second-order valence-electron chi connectivity index (χ2n) is 5.00. The van der Waals surface area contributed by atoms with Gasteiger partial charge in [0.25, 0.3) is 0 Å². The smallest absolute Gasteiger partial charge is 0.0700 e. The van der Waals surface area contributed by atoms with Gasteiger partial charge in [0, 0.05) is 25.7 Å². The van der Waals surface area contributed by atoms with E-state index in [-0.39, 0.29) is 0 Å². The van der Waals surface area contributed by atoms with E-state index in [4.69, 9.17) is 4.74 Å². The quantitative estimate of drug-likeness (QED) is 0.672. The molecule has 90 valence electrons. The van der Waals surface area contributed by atoms with Gasteiger partial charge < -0.3 is 15.4 Å². The van der Waals surface area contributed by atoms with Crippen LogP contribution in [0.5, 0.6) is 0 Å². The molecular formula is C12H26N2O. The first-order valence-electron chi connectivity index (χ1n) is 6.24. The lowest BCUT2D eigenvalue weighted by Crippen LogP contribution is -2.40. The monoisotopic (exact) mass is 214 g/mol. The third kappa shape index (κ3) is 6.13. The summed E-state index contributed by atoms with van der Waals surface area (Å²) in [6.07, 6.45) is 2.91. The Hall–Kier alpha value is -0.120. The summed E-state index contributed by atoms with van der Waals surface area (Å²) in [7, 11) is 0. The SMILES string of the molecule is CC(C)CNCC(C)NCC1CCCO1. The lowest BCUT2D eigenvalue weighted by Gasteiger charge is -2.18. The highest BCUT2D eigenvalue weighted by molar-refractivity contribution is 4.71. The molecule has 0 bridgehead atoms. The van der Waals surface area contributed by atoms with Gasteiger partial charge in [-0.25, -0.2) is 0 Å². The van der Waals surface area contributed by atoms with Crippen molar-refractivity contribution in [1.82, 2.24) is 10.6 Å². The van der Waals surface area contributed by atoms with Crippen LogP contribution in [0.2, 0.25) is 0 Å². The van der Waals surface area contributed by atoms with Gasteiger partial charge in [0.15, 0.2) is 0 Å². The predicted octanol–water partition coefficient (Wildman–Crippen LogP) is 1.39. The molecule has 3 heteroatoms. The van der Waals surface area contributed by atoms with Crippen LogP contribution in [-0.2, 0) is 4.74 Å². The molecule has 0 amide bonds. The summed E-state index contributed by atoms with van der Waals surface area (Å²) < 4.78 is 5.56. The van der Waals surface area contributed by atoms with Crippen molar-refractivity contribution in [2.45, 2.75) is 45.8 Å². The van der Waals surface area contributed by atoms with E-state index in [1.165, 1.54) is 12.8 Å². The Morgan fingerprint density at radius 2 is 2.07 bits per heavy atom. The number of nitrogens with one attached hydrogen (secondary N) is 2. The van der Waals surface area contributed by atoms with Gasteiger partial charge in [-0.1, -0.05) is 13.8 Å². The second kappa shape index (κ2) is 7.20. The first-order valence-corrected chi connectivity index (χ1v) is 6.24. The molecule has 0 aliphatic carbocycles. The van der Waals surface area contributed by atoms with E-state index < -0.39 is 0 Å². The minimum atomic E-state index is 0.456. The fourth-order valence-electron chi connectivity index (χ4n) is 1.80. The zero-order valence-corrected chi connectivity index (χ0v) is 10.4. The topological polar surface area (TPSA) is 33.3 Å². The van der Waals surface area contributed by atoms with Crippen LogP contribution in [0.25, 0.3) is 0 Å². The predicted molar refractivity (Wildman–Crippen MR) is 64.1 cm³/mol. The van der Waals surface area contributed by atoms with Gasteiger partial charge in [-0.05, 0) is 32.2 Å². The molecular weight excluding hydrogens is 188 g/mol. The highest BCUT2D eigenvalue weighted by Crippen LogP contribution is 2.10. The van der Waals surface area contributed by atoms with Gasteiger partial charge in [0.05, 0.1) is 6.10 Å². The second-order valence-corrected chi connectivity index (χ2v) is 5.00. The standard InChI is InChI=1S/C12H26N2O/c1-10(2)7-13-8-11(3)14-9-12-5-4-6-15-12/h10-14H,4-9H2,1-3H3. The summed E-state index contributed by atoms with van der Waals surface area (Å²) in [5.41, 5.74) is 0. The summed E-state index contributed by atoms with van der Waals surface area (Å²) in [4.78, 5) is 0. The lowest BCUT2D eigenvalue weighted by molar-refractivity contribution is 0.108. The van der Waals surface area contributed by atoms with E-state index in [1.54, 1.807) is 0 Å². The van der Waals surface area contributed by atoms with Gasteiger partial charge in [-0.15, -0.1) is 0 Å². The maximum atomic E-state index is 5.56. The molecule has 0 spiro atoms. The van der Waals surface area contributed by atoms with Gasteiger partial charge in [0.2, 0.25) is 0 Å². The molecule has 1 heterocycles. The average molecular weight is 214 g/mol. The van der Waals surface area contributed by atoms with Crippen LogP contribution in [0.4, 0.5) is 0 Å². The fraction of sp³-hybridized carbons (Fsp3) is 1.00. The van der Waals surface area contributed by atoms with E-state index in [0.717, 1.165) is 32.2 Å². The molecule has 1 fully saturated rings.